The summed E-state index contributed by atoms with van der Waals surface area (Å²) in [5.74, 6) is -0.0272. The standard InChI is InChI=1S/C14H12FNO3/c1-18-14-4-2-3-11(16-14)9-19-13-6-5-10(8-17)7-12(13)15/h2-8H,9H2,1H3. The summed E-state index contributed by atoms with van der Waals surface area (Å²) in [6, 6.07) is 9.27. The van der Waals surface area contributed by atoms with Gasteiger partial charge in [0.25, 0.3) is 0 Å². The molecule has 2 aromatic rings. The van der Waals surface area contributed by atoms with E-state index in [0.29, 0.717) is 17.9 Å². The first-order valence-electron chi connectivity index (χ1n) is 5.60. The van der Waals surface area contributed by atoms with Gasteiger partial charge in [0, 0.05) is 11.6 Å². The van der Waals surface area contributed by atoms with Crippen LogP contribution in [0.4, 0.5) is 4.39 Å². The Bertz CT molecular complexity index is 587. The number of nitrogens with zero attached hydrogens (tertiary/aromatic N) is 1. The fraction of sp³-hybridized carbons (Fsp3) is 0.143. The number of aldehydes is 1. The van der Waals surface area contributed by atoms with Crippen molar-refractivity contribution in [2.45, 2.75) is 6.61 Å². The fourth-order valence-corrected chi connectivity index (χ4v) is 1.51. The molecule has 1 aromatic heterocycles. The van der Waals surface area contributed by atoms with E-state index in [1.54, 1.807) is 18.2 Å². The molecule has 0 spiro atoms. The average Bonchev–Trinajstić information content (AvgIpc) is 2.46. The summed E-state index contributed by atoms with van der Waals surface area (Å²) in [6.45, 7) is 0.120. The summed E-state index contributed by atoms with van der Waals surface area (Å²) >= 11 is 0. The number of benzene rings is 1. The second kappa shape index (κ2) is 5.95. The van der Waals surface area contributed by atoms with Crippen molar-refractivity contribution < 1.29 is 18.7 Å². The van der Waals surface area contributed by atoms with Gasteiger partial charge in [0.1, 0.15) is 12.9 Å². The predicted octanol–water partition coefficient (Wildman–Crippen LogP) is 2.62. The number of hydrogen-bond donors (Lipinski definition) is 0. The summed E-state index contributed by atoms with van der Waals surface area (Å²) in [5, 5.41) is 0. The van der Waals surface area contributed by atoms with Gasteiger partial charge < -0.3 is 9.47 Å². The van der Waals surface area contributed by atoms with Gasteiger partial charge in [-0.25, -0.2) is 9.37 Å². The molecule has 0 unspecified atom stereocenters. The second-order valence-electron chi connectivity index (χ2n) is 3.77. The molecule has 1 aromatic carbocycles. The highest BCUT2D eigenvalue weighted by atomic mass is 19.1. The topological polar surface area (TPSA) is 48.4 Å². The maximum atomic E-state index is 13.6. The van der Waals surface area contributed by atoms with E-state index in [-0.39, 0.29) is 17.9 Å². The minimum absolute atomic E-state index is 0.0789. The van der Waals surface area contributed by atoms with Crippen LogP contribution in [-0.2, 0) is 6.61 Å². The largest absolute Gasteiger partial charge is 0.484 e. The molecule has 5 heteroatoms. The molecule has 0 atom stereocenters. The highest BCUT2D eigenvalue weighted by Crippen LogP contribution is 2.19. The molecule has 0 saturated carbocycles. The lowest BCUT2D eigenvalue weighted by Crippen LogP contribution is -2.01. The van der Waals surface area contributed by atoms with Crippen molar-refractivity contribution in [2.24, 2.45) is 0 Å². The number of carbonyl (C=O) groups excluding carboxylic acids is 1. The Balaban J connectivity index is 2.07. The molecule has 98 valence electrons. The molecular formula is C14H12FNO3. The van der Waals surface area contributed by atoms with E-state index in [9.17, 15) is 9.18 Å². The van der Waals surface area contributed by atoms with Crippen LogP contribution in [0.25, 0.3) is 0 Å². The molecule has 4 nitrogen and oxygen atoms in total. The van der Waals surface area contributed by atoms with Crippen molar-refractivity contribution in [3.8, 4) is 11.6 Å². The van der Waals surface area contributed by atoms with E-state index in [4.69, 9.17) is 9.47 Å². The highest BCUT2D eigenvalue weighted by molar-refractivity contribution is 5.74. The first kappa shape index (κ1) is 13.0. The predicted molar refractivity (Wildman–Crippen MR) is 66.9 cm³/mol. The molecule has 0 aliphatic heterocycles. The van der Waals surface area contributed by atoms with Gasteiger partial charge in [0.15, 0.2) is 11.6 Å². The third-order valence-electron chi connectivity index (χ3n) is 2.46. The molecule has 0 amide bonds. The van der Waals surface area contributed by atoms with Gasteiger partial charge in [0.2, 0.25) is 5.88 Å². The number of carbonyl (C=O) groups is 1. The molecule has 1 heterocycles. The average molecular weight is 261 g/mol. The van der Waals surface area contributed by atoms with E-state index in [2.05, 4.69) is 4.98 Å². The van der Waals surface area contributed by atoms with Crippen LogP contribution >= 0.6 is 0 Å². The zero-order valence-electron chi connectivity index (χ0n) is 10.3. The molecule has 0 fully saturated rings. The number of ether oxygens (including phenoxy) is 2. The molecule has 0 radical (unpaired) electrons. The second-order valence-corrected chi connectivity index (χ2v) is 3.77. The maximum absolute atomic E-state index is 13.6. The zero-order valence-corrected chi connectivity index (χ0v) is 10.3. The van der Waals surface area contributed by atoms with Gasteiger partial charge in [-0.05, 0) is 24.3 Å². The van der Waals surface area contributed by atoms with Crippen LogP contribution in [0.15, 0.2) is 36.4 Å². The van der Waals surface area contributed by atoms with Gasteiger partial charge in [0.05, 0.1) is 12.8 Å². The normalized spacial score (nSPS) is 10.0. The Morgan fingerprint density at radius 1 is 1.32 bits per heavy atom. The summed E-state index contributed by atoms with van der Waals surface area (Å²) in [5.41, 5.74) is 0.891. The summed E-state index contributed by atoms with van der Waals surface area (Å²) in [7, 11) is 1.52. The maximum Gasteiger partial charge on any atom is 0.213 e. The molecule has 0 saturated heterocycles. The first-order valence-corrected chi connectivity index (χ1v) is 5.60. The van der Waals surface area contributed by atoms with Crippen molar-refractivity contribution in [3.63, 3.8) is 0 Å². The van der Waals surface area contributed by atoms with Gasteiger partial charge >= 0.3 is 0 Å². The molecular weight excluding hydrogens is 249 g/mol. The third-order valence-corrected chi connectivity index (χ3v) is 2.46. The zero-order chi connectivity index (χ0) is 13.7. The fourth-order valence-electron chi connectivity index (χ4n) is 1.51. The van der Waals surface area contributed by atoms with E-state index in [0.717, 1.165) is 6.07 Å². The quantitative estimate of drug-likeness (QED) is 0.776. The van der Waals surface area contributed by atoms with E-state index in [1.807, 2.05) is 0 Å². The third kappa shape index (κ3) is 3.28. The van der Waals surface area contributed by atoms with Crippen molar-refractivity contribution >= 4 is 6.29 Å². The Hall–Kier alpha value is -2.43. The van der Waals surface area contributed by atoms with Gasteiger partial charge in [-0.3, -0.25) is 4.79 Å². The Labute approximate surface area is 109 Å². The lowest BCUT2D eigenvalue weighted by atomic mass is 10.2. The molecule has 2 rings (SSSR count). The van der Waals surface area contributed by atoms with Crippen molar-refractivity contribution in [1.82, 2.24) is 4.98 Å². The van der Waals surface area contributed by atoms with Crippen molar-refractivity contribution in [1.29, 1.82) is 0 Å². The smallest absolute Gasteiger partial charge is 0.213 e. The first-order chi connectivity index (χ1) is 9.22. The minimum Gasteiger partial charge on any atom is -0.484 e. The highest BCUT2D eigenvalue weighted by Gasteiger charge is 2.06. The van der Waals surface area contributed by atoms with Gasteiger partial charge in [-0.15, -0.1) is 0 Å². The van der Waals surface area contributed by atoms with Crippen molar-refractivity contribution in [2.75, 3.05) is 7.11 Å². The lowest BCUT2D eigenvalue weighted by molar-refractivity contribution is 0.112. The van der Waals surface area contributed by atoms with Crippen LogP contribution in [-0.4, -0.2) is 18.4 Å². The number of aromatic nitrogens is 1. The van der Waals surface area contributed by atoms with E-state index in [1.165, 1.54) is 19.2 Å². The number of rotatable bonds is 5. The molecule has 0 N–H and O–H groups in total. The van der Waals surface area contributed by atoms with Gasteiger partial charge in [-0.1, -0.05) is 6.07 Å². The number of hydrogen-bond acceptors (Lipinski definition) is 4. The van der Waals surface area contributed by atoms with Crippen LogP contribution < -0.4 is 9.47 Å². The summed E-state index contributed by atoms with van der Waals surface area (Å²) in [4.78, 5) is 14.6. The van der Waals surface area contributed by atoms with Crippen LogP contribution in [0.5, 0.6) is 11.6 Å². The van der Waals surface area contributed by atoms with Gasteiger partial charge in [-0.2, -0.15) is 0 Å². The van der Waals surface area contributed by atoms with Crippen LogP contribution in [0, 0.1) is 5.82 Å². The summed E-state index contributed by atoms with van der Waals surface area (Å²) < 4.78 is 23.9. The number of pyridine rings is 1. The SMILES string of the molecule is COc1cccc(COc2ccc(C=O)cc2F)n1. The van der Waals surface area contributed by atoms with Crippen LogP contribution in [0.1, 0.15) is 16.1 Å². The molecule has 0 aliphatic carbocycles. The Kier molecular flexibility index (Phi) is 4.07. The number of methoxy groups -OCH3 is 1. The van der Waals surface area contributed by atoms with E-state index < -0.39 is 5.82 Å². The molecule has 0 aliphatic rings. The molecule has 19 heavy (non-hydrogen) atoms. The Morgan fingerprint density at radius 2 is 2.16 bits per heavy atom. The Morgan fingerprint density at radius 3 is 2.84 bits per heavy atom. The van der Waals surface area contributed by atoms with Crippen LogP contribution in [0.3, 0.4) is 0 Å². The van der Waals surface area contributed by atoms with Crippen molar-refractivity contribution in [3.05, 3.63) is 53.5 Å². The number of halogens is 1. The minimum atomic E-state index is -0.576. The molecule has 0 bridgehead atoms. The lowest BCUT2D eigenvalue weighted by Gasteiger charge is -2.08. The summed E-state index contributed by atoms with van der Waals surface area (Å²) in [6.07, 6.45) is 0.580. The van der Waals surface area contributed by atoms with E-state index >= 15 is 0 Å². The monoisotopic (exact) mass is 261 g/mol. The van der Waals surface area contributed by atoms with Crippen LogP contribution in [0.2, 0.25) is 0 Å².